The molecule has 0 aliphatic carbocycles. The molecule has 6 heteroatoms. The predicted octanol–water partition coefficient (Wildman–Crippen LogP) is 5.17. The van der Waals surface area contributed by atoms with Crippen molar-refractivity contribution < 1.29 is 13.7 Å². The van der Waals surface area contributed by atoms with E-state index in [1.165, 1.54) is 12.3 Å². The van der Waals surface area contributed by atoms with E-state index in [9.17, 15) is 9.18 Å². The molecule has 0 spiro atoms. The zero-order valence-corrected chi connectivity index (χ0v) is 15.3. The number of nitrogens with zero attached hydrogens (tertiary/aromatic N) is 2. The average molecular weight is 383 g/mol. The summed E-state index contributed by atoms with van der Waals surface area (Å²) in [5.74, 6) is -0.431. The molecule has 1 aliphatic rings. The Balaban J connectivity index is 1.78. The van der Waals surface area contributed by atoms with Crippen LogP contribution in [0, 0.1) is 12.7 Å². The van der Waals surface area contributed by atoms with Gasteiger partial charge in [0.25, 0.3) is 0 Å². The Kier molecular flexibility index (Phi) is 4.54. The fourth-order valence-electron chi connectivity index (χ4n) is 3.18. The number of para-hydroxylation sites is 1. The summed E-state index contributed by atoms with van der Waals surface area (Å²) in [7, 11) is 0. The van der Waals surface area contributed by atoms with Gasteiger partial charge in [-0.3, -0.25) is 4.79 Å². The molecule has 0 unspecified atom stereocenters. The van der Waals surface area contributed by atoms with Gasteiger partial charge in [-0.2, -0.15) is 0 Å². The van der Waals surface area contributed by atoms with Crippen molar-refractivity contribution in [2.45, 2.75) is 19.9 Å². The summed E-state index contributed by atoms with van der Waals surface area (Å²) in [6.45, 7) is 1.96. The van der Waals surface area contributed by atoms with Crippen LogP contribution in [0.2, 0.25) is 0 Å². The number of amides is 1. The highest BCUT2D eigenvalue weighted by Crippen LogP contribution is 2.40. The van der Waals surface area contributed by atoms with Crippen molar-refractivity contribution in [2.75, 3.05) is 4.90 Å². The van der Waals surface area contributed by atoms with Crippen LogP contribution in [0.1, 0.15) is 28.8 Å². The van der Waals surface area contributed by atoms with E-state index in [4.69, 9.17) is 16.1 Å². The quantitative estimate of drug-likeness (QED) is 0.628. The second-order valence-corrected chi connectivity index (χ2v) is 6.81. The number of fused-ring (bicyclic) bond motifs is 1. The van der Waals surface area contributed by atoms with Crippen molar-refractivity contribution in [1.29, 1.82) is 0 Å². The topological polar surface area (TPSA) is 46.3 Å². The molecule has 0 saturated carbocycles. The monoisotopic (exact) mass is 382 g/mol. The van der Waals surface area contributed by atoms with Gasteiger partial charge in [-0.1, -0.05) is 47.1 Å². The van der Waals surface area contributed by atoms with Gasteiger partial charge in [0.05, 0.1) is 23.7 Å². The van der Waals surface area contributed by atoms with Crippen molar-refractivity contribution in [3.63, 3.8) is 0 Å². The fraction of sp³-hybridized carbons (Fsp3) is 0.143. The number of halogens is 2. The van der Waals surface area contributed by atoms with Crippen LogP contribution in [-0.4, -0.2) is 11.1 Å². The average Bonchev–Trinajstić information content (AvgIpc) is 3.17. The van der Waals surface area contributed by atoms with Crippen molar-refractivity contribution in [2.24, 2.45) is 0 Å². The van der Waals surface area contributed by atoms with Gasteiger partial charge in [-0.15, -0.1) is 0 Å². The minimum absolute atomic E-state index is 0.0778. The standard InChI is InChI=1S/C21H16ClFN2O2/c1-13-6-7-14(10-17(13)23)12-25-19-5-3-2-4-15(19)21(22)16(11-20(25)26)18-8-9-27-24-18/h2-10H,11-12H2,1H3. The molecule has 0 atom stereocenters. The molecule has 0 saturated heterocycles. The first-order chi connectivity index (χ1) is 13.0. The van der Waals surface area contributed by atoms with Crippen LogP contribution in [0.4, 0.5) is 10.1 Å². The number of carbonyl (C=O) groups excluding carboxylic acids is 1. The Morgan fingerprint density at radius 2 is 2.04 bits per heavy atom. The first kappa shape index (κ1) is 17.5. The third-order valence-electron chi connectivity index (χ3n) is 4.65. The van der Waals surface area contributed by atoms with Crippen molar-refractivity contribution >= 4 is 33.8 Å². The van der Waals surface area contributed by atoms with Gasteiger partial charge < -0.3 is 9.42 Å². The maximum Gasteiger partial charge on any atom is 0.231 e. The minimum Gasteiger partial charge on any atom is -0.364 e. The molecular weight excluding hydrogens is 367 g/mol. The number of aromatic nitrogens is 1. The van der Waals surface area contributed by atoms with E-state index < -0.39 is 0 Å². The van der Waals surface area contributed by atoms with Crippen molar-refractivity contribution in [1.82, 2.24) is 5.16 Å². The zero-order valence-electron chi connectivity index (χ0n) is 14.6. The summed E-state index contributed by atoms with van der Waals surface area (Å²) in [5, 5.41) is 4.40. The third kappa shape index (κ3) is 3.26. The molecule has 1 aromatic heterocycles. The number of carbonyl (C=O) groups is 1. The summed E-state index contributed by atoms with van der Waals surface area (Å²) in [4.78, 5) is 14.7. The molecule has 0 bridgehead atoms. The van der Waals surface area contributed by atoms with Crippen LogP contribution >= 0.6 is 11.6 Å². The number of aryl methyl sites for hydroxylation is 1. The number of rotatable bonds is 3. The Morgan fingerprint density at radius 1 is 1.22 bits per heavy atom. The van der Waals surface area contributed by atoms with Crippen molar-refractivity contribution in [3.8, 4) is 0 Å². The van der Waals surface area contributed by atoms with Gasteiger partial charge in [0.15, 0.2) is 0 Å². The molecular formula is C21H16ClFN2O2. The van der Waals surface area contributed by atoms with Crippen LogP contribution in [-0.2, 0) is 11.3 Å². The Hall–Kier alpha value is -2.92. The second kappa shape index (κ2) is 7.00. The van der Waals surface area contributed by atoms with Crippen LogP contribution in [0.15, 0.2) is 59.3 Å². The van der Waals surface area contributed by atoms with Gasteiger partial charge in [0, 0.05) is 17.2 Å². The van der Waals surface area contributed by atoms with Crippen LogP contribution in [0.5, 0.6) is 0 Å². The molecule has 136 valence electrons. The highest BCUT2D eigenvalue weighted by Gasteiger charge is 2.28. The largest absolute Gasteiger partial charge is 0.364 e. The van der Waals surface area contributed by atoms with E-state index in [0.717, 1.165) is 5.56 Å². The van der Waals surface area contributed by atoms with Gasteiger partial charge in [0.2, 0.25) is 5.91 Å². The number of benzene rings is 2. The van der Waals surface area contributed by atoms with Gasteiger partial charge in [0.1, 0.15) is 17.8 Å². The lowest BCUT2D eigenvalue weighted by atomic mass is 10.1. The lowest BCUT2D eigenvalue weighted by Gasteiger charge is -2.23. The summed E-state index contributed by atoms with van der Waals surface area (Å²) in [5.41, 5.74) is 3.84. The molecule has 4 rings (SSSR count). The fourth-order valence-corrected chi connectivity index (χ4v) is 3.50. The molecule has 0 N–H and O–H groups in total. The number of anilines is 1. The maximum atomic E-state index is 14.0. The number of hydrogen-bond donors (Lipinski definition) is 0. The first-order valence-electron chi connectivity index (χ1n) is 8.49. The molecule has 3 aromatic rings. The smallest absolute Gasteiger partial charge is 0.231 e. The number of hydrogen-bond acceptors (Lipinski definition) is 3. The Labute approximate surface area is 160 Å². The van der Waals surface area contributed by atoms with E-state index in [2.05, 4.69) is 5.16 Å². The predicted molar refractivity (Wildman–Crippen MR) is 103 cm³/mol. The molecule has 1 aliphatic heterocycles. The molecule has 0 fully saturated rings. The summed E-state index contributed by atoms with van der Waals surface area (Å²) >= 11 is 6.65. The first-order valence-corrected chi connectivity index (χ1v) is 8.86. The van der Waals surface area contributed by atoms with Gasteiger partial charge in [-0.25, -0.2) is 4.39 Å². The Morgan fingerprint density at radius 3 is 2.78 bits per heavy atom. The van der Waals surface area contributed by atoms with Gasteiger partial charge in [-0.05, 0) is 30.2 Å². The summed E-state index contributed by atoms with van der Waals surface area (Å²) < 4.78 is 18.9. The van der Waals surface area contributed by atoms with E-state index in [-0.39, 0.29) is 24.7 Å². The van der Waals surface area contributed by atoms with E-state index >= 15 is 0 Å². The third-order valence-corrected chi connectivity index (χ3v) is 5.08. The van der Waals surface area contributed by atoms with Crippen LogP contribution in [0.3, 0.4) is 0 Å². The lowest BCUT2D eigenvalue weighted by Crippen LogP contribution is -2.30. The minimum atomic E-state index is -0.289. The van der Waals surface area contributed by atoms with E-state index in [1.54, 1.807) is 24.0 Å². The molecule has 27 heavy (non-hydrogen) atoms. The molecule has 0 radical (unpaired) electrons. The molecule has 1 amide bonds. The summed E-state index contributed by atoms with van der Waals surface area (Å²) in [6.07, 6.45) is 1.52. The molecule has 2 heterocycles. The highest BCUT2D eigenvalue weighted by molar-refractivity contribution is 6.53. The highest BCUT2D eigenvalue weighted by atomic mass is 35.5. The van der Waals surface area contributed by atoms with Crippen LogP contribution in [0.25, 0.3) is 10.6 Å². The second-order valence-electron chi connectivity index (χ2n) is 6.43. The maximum absolute atomic E-state index is 14.0. The Bertz CT molecular complexity index is 1040. The zero-order chi connectivity index (χ0) is 19.0. The van der Waals surface area contributed by atoms with Gasteiger partial charge >= 0.3 is 0 Å². The molecule has 2 aromatic carbocycles. The normalized spacial score (nSPS) is 14.3. The SMILES string of the molecule is Cc1ccc(CN2C(=O)CC(c3ccon3)=C(Cl)c3ccccc32)cc1F. The lowest BCUT2D eigenvalue weighted by molar-refractivity contribution is -0.117. The van der Waals surface area contributed by atoms with E-state index in [1.807, 2.05) is 30.3 Å². The molecule has 4 nitrogen and oxygen atoms in total. The van der Waals surface area contributed by atoms with Crippen molar-refractivity contribution in [3.05, 3.63) is 83.0 Å². The van der Waals surface area contributed by atoms with E-state index in [0.29, 0.717) is 33.1 Å². The van der Waals surface area contributed by atoms with Crippen LogP contribution < -0.4 is 4.90 Å². The summed E-state index contributed by atoms with van der Waals surface area (Å²) in [6, 6.07) is 14.1.